The van der Waals surface area contributed by atoms with Gasteiger partial charge in [0.25, 0.3) is 0 Å². The summed E-state index contributed by atoms with van der Waals surface area (Å²) in [6.45, 7) is 4.48. The lowest BCUT2D eigenvalue weighted by Gasteiger charge is -2.22. The summed E-state index contributed by atoms with van der Waals surface area (Å²) in [5.41, 5.74) is 11.9. The normalized spacial score (nSPS) is 12.6. The molecule has 0 fully saturated rings. The largest absolute Gasteiger partial charge is 0.256 e. The van der Waals surface area contributed by atoms with Gasteiger partial charge < -0.3 is 0 Å². The molecule has 2 aromatic heterocycles. The van der Waals surface area contributed by atoms with Crippen LogP contribution in [0.2, 0.25) is 0 Å². The Hall–Kier alpha value is -6.77. The van der Waals surface area contributed by atoms with E-state index in [1.54, 1.807) is 0 Å². The number of hydrogen-bond donors (Lipinski definition) is 0. The Morgan fingerprint density at radius 3 is 1.69 bits per heavy atom. The summed E-state index contributed by atoms with van der Waals surface area (Å²) in [6.07, 6.45) is 1.94. The minimum absolute atomic E-state index is 0.267. The lowest BCUT2D eigenvalue weighted by atomic mass is 9.81. The van der Waals surface area contributed by atoms with Gasteiger partial charge in [0.15, 0.2) is 17.5 Å². The fraction of sp³-hybridized carbons (Fsp3) is 0.0652. The summed E-state index contributed by atoms with van der Waals surface area (Å²) in [6, 6.07) is 52.1. The van der Waals surface area contributed by atoms with Gasteiger partial charge in [0.1, 0.15) is 0 Å². The number of benzene rings is 6. The number of nitrogens with zero attached hydrogens (tertiary/aromatic N) is 5. The quantitative estimate of drug-likeness (QED) is 0.185. The molecule has 0 amide bonds. The third-order valence-corrected chi connectivity index (χ3v) is 9.96. The van der Waals surface area contributed by atoms with E-state index in [0.717, 1.165) is 49.8 Å². The van der Waals surface area contributed by atoms with E-state index >= 15 is 0 Å². The summed E-state index contributed by atoms with van der Waals surface area (Å²) < 4.78 is 0. The smallest absolute Gasteiger partial charge is 0.164 e. The lowest BCUT2D eigenvalue weighted by Crippen LogP contribution is -2.15. The number of hydrogen-bond acceptors (Lipinski definition) is 5. The van der Waals surface area contributed by atoms with Crippen molar-refractivity contribution in [3.63, 3.8) is 0 Å². The number of aromatic nitrogens is 4. The van der Waals surface area contributed by atoms with Gasteiger partial charge in [0.2, 0.25) is 0 Å². The zero-order valence-corrected chi connectivity index (χ0v) is 28.2. The highest BCUT2D eigenvalue weighted by molar-refractivity contribution is 5.88. The van der Waals surface area contributed by atoms with Crippen LogP contribution in [0, 0.1) is 11.3 Å². The molecule has 0 saturated carbocycles. The molecule has 9 rings (SSSR count). The van der Waals surface area contributed by atoms with E-state index in [4.69, 9.17) is 19.9 Å². The van der Waals surface area contributed by atoms with Crippen LogP contribution in [0.1, 0.15) is 30.5 Å². The van der Waals surface area contributed by atoms with Crippen molar-refractivity contribution >= 4 is 10.8 Å². The Bertz CT molecular complexity index is 2620. The lowest BCUT2D eigenvalue weighted by molar-refractivity contribution is 0.660. The molecule has 5 nitrogen and oxygen atoms in total. The first-order chi connectivity index (χ1) is 24.9. The first-order valence-corrected chi connectivity index (χ1v) is 17.0. The maximum Gasteiger partial charge on any atom is 0.164 e. The molecule has 5 heteroatoms. The average molecular weight is 654 g/mol. The maximum atomic E-state index is 9.64. The molecule has 0 atom stereocenters. The minimum Gasteiger partial charge on any atom is -0.256 e. The van der Waals surface area contributed by atoms with Crippen molar-refractivity contribution in [2.24, 2.45) is 0 Å². The monoisotopic (exact) mass is 653 g/mol. The highest BCUT2D eigenvalue weighted by Gasteiger charge is 2.36. The summed E-state index contributed by atoms with van der Waals surface area (Å²) >= 11 is 0. The Kier molecular flexibility index (Phi) is 7.12. The second-order valence-corrected chi connectivity index (χ2v) is 13.5. The van der Waals surface area contributed by atoms with Crippen molar-refractivity contribution in [2.45, 2.75) is 19.3 Å². The van der Waals surface area contributed by atoms with Crippen LogP contribution >= 0.6 is 0 Å². The molecule has 6 aromatic carbocycles. The molecule has 1 aliphatic carbocycles. The van der Waals surface area contributed by atoms with E-state index in [1.807, 2.05) is 85.1 Å². The van der Waals surface area contributed by atoms with E-state index < -0.39 is 0 Å². The molecule has 0 spiro atoms. The van der Waals surface area contributed by atoms with E-state index in [9.17, 15) is 5.26 Å². The van der Waals surface area contributed by atoms with Gasteiger partial charge >= 0.3 is 0 Å². The Labute approximate surface area is 296 Å². The van der Waals surface area contributed by atoms with Crippen molar-refractivity contribution in [1.82, 2.24) is 19.9 Å². The molecule has 0 unspecified atom stereocenters. The van der Waals surface area contributed by atoms with Crippen LogP contribution in [-0.2, 0) is 5.41 Å². The fourth-order valence-electron chi connectivity index (χ4n) is 7.24. The topological polar surface area (TPSA) is 75.3 Å². The predicted octanol–water partition coefficient (Wildman–Crippen LogP) is 10.9. The molecule has 0 N–H and O–H groups in total. The molecule has 240 valence electrons. The summed E-state index contributed by atoms with van der Waals surface area (Å²) in [5, 5.41) is 11.9. The zero-order chi connectivity index (χ0) is 34.5. The molecule has 8 aromatic rings. The molecule has 51 heavy (non-hydrogen) atoms. The van der Waals surface area contributed by atoms with Crippen molar-refractivity contribution in [1.29, 1.82) is 5.26 Å². The third-order valence-electron chi connectivity index (χ3n) is 9.96. The van der Waals surface area contributed by atoms with Gasteiger partial charge in [-0.3, -0.25) is 4.98 Å². The SMILES string of the molecule is CC1(C)c2cc(C#N)ccc2-c2ccc(-c3cc(-c4cc5ccccc5cn4)cc(-c4nc(-c5ccccc5)nc(-c5ccccc5)n4)c3)cc21. The Morgan fingerprint density at radius 2 is 1.02 bits per heavy atom. The molecule has 0 radical (unpaired) electrons. The van der Waals surface area contributed by atoms with E-state index in [1.165, 1.54) is 22.3 Å². The molecule has 2 heterocycles. The predicted molar refractivity (Wildman–Crippen MR) is 205 cm³/mol. The zero-order valence-electron chi connectivity index (χ0n) is 28.2. The van der Waals surface area contributed by atoms with Gasteiger partial charge in [0, 0.05) is 39.3 Å². The maximum absolute atomic E-state index is 9.64. The molecular weight excluding hydrogens is 623 g/mol. The summed E-state index contributed by atoms with van der Waals surface area (Å²) in [5.74, 6) is 1.82. The number of pyridine rings is 1. The Balaban J connectivity index is 1.25. The Morgan fingerprint density at radius 1 is 0.471 bits per heavy atom. The molecule has 1 aliphatic rings. The van der Waals surface area contributed by atoms with Crippen LogP contribution in [0.5, 0.6) is 0 Å². The van der Waals surface area contributed by atoms with Crippen molar-refractivity contribution < 1.29 is 0 Å². The first-order valence-electron chi connectivity index (χ1n) is 17.0. The highest BCUT2D eigenvalue weighted by Crippen LogP contribution is 2.50. The molecule has 0 bridgehead atoms. The second-order valence-electron chi connectivity index (χ2n) is 13.5. The van der Waals surface area contributed by atoms with Crippen molar-refractivity contribution in [3.8, 4) is 73.7 Å². The van der Waals surface area contributed by atoms with Gasteiger partial charge in [-0.25, -0.2) is 15.0 Å². The highest BCUT2D eigenvalue weighted by atomic mass is 15.0. The van der Waals surface area contributed by atoms with Gasteiger partial charge in [-0.1, -0.05) is 117 Å². The first kappa shape index (κ1) is 30.3. The number of rotatable bonds is 5. The van der Waals surface area contributed by atoms with Crippen LogP contribution in [-0.4, -0.2) is 19.9 Å². The molecule has 0 saturated heterocycles. The van der Waals surface area contributed by atoms with E-state index in [0.29, 0.717) is 23.0 Å². The van der Waals surface area contributed by atoms with Crippen LogP contribution in [0.25, 0.3) is 78.4 Å². The summed E-state index contributed by atoms with van der Waals surface area (Å²) in [4.78, 5) is 20.0. The standard InChI is InChI=1S/C46H31N5/c1-46(2)40-21-29(27-47)17-19-38(40)39-20-18-33(25-41(39)46)35-22-36(42-26-32-15-9-10-16-34(32)28-48-42)24-37(23-35)45-50-43(30-11-5-3-6-12-30)49-44(51-45)31-13-7-4-8-14-31/h3-26,28H,1-2H3. The van der Waals surface area contributed by atoms with Gasteiger partial charge in [-0.05, 0) is 81.2 Å². The fourth-order valence-corrected chi connectivity index (χ4v) is 7.24. The van der Waals surface area contributed by atoms with Gasteiger partial charge in [0.05, 0.1) is 17.3 Å². The van der Waals surface area contributed by atoms with Crippen LogP contribution < -0.4 is 0 Å². The van der Waals surface area contributed by atoms with Crippen LogP contribution in [0.15, 0.2) is 152 Å². The second kappa shape index (κ2) is 12.0. The van der Waals surface area contributed by atoms with Crippen LogP contribution in [0.3, 0.4) is 0 Å². The molecule has 0 aliphatic heterocycles. The minimum atomic E-state index is -0.267. The van der Waals surface area contributed by atoms with E-state index in [-0.39, 0.29) is 5.41 Å². The molecular formula is C46H31N5. The van der Waals surface area contributed by atoms with Crippen LogP contribution in [0.4, 0.5) is 0 Å². The summed E-state index contributed by atoms with van der Waals surface area (Å²) in [7, 11) is 0. The average Bonchev–Trinajstić information content (AvgIpc) is 3.42. The number of nitriles is 1. The van der Waals surface area contributed by atoms with Gasteiger partial charge in [-0.2, -0.15) is 5.26 Å². The van der Waals surface area contributed by atoms with E-state index in [2.05, 4.69) is 86.6 Å². The van der Waals surface area contributed by atoms with Gasteiger partial charge in [-0.15, -0.1) is 0 Å². The number of fused-ring (bicyclic) bond motifs is 4. The van der Waals surface area contributed by atoms with Crippen molar-refractivity contribution in [3.05, 3.63) is 168 Å². The van der Waals surface area contributed by atoms with Crippen molar-refractivity contribution in [2.75, 3.05) is 0 Å². The third kappa shape index (κ3) is 5.35.